The number of carbonyl (C=O) groups excluding carboxylic acids is 5. The van der Waals surface area contributed by atoms with Gasteiger partial charge in [-0.05, 0) is 70.3 Å². The fourth-order valence-corrected chi connectivity index (χ4v) is 6.75. The van der Waals surface area contributed by atoms with Crippen LogP contribution < -0.4 is 16.0 Å². The van der Waals surface area contributed by atoms with Crippen LogP contribution in [0.3, 0.4) is 0 Å². The van der Waals surface area contributed by atoms with Gasteiger partial charge in [0.15, 0.2) is 0 Å². The second kappa shape index (κ2) is 27.8. The van der Waals surface area contributed by atoms with Gasteiger partial charge in [0, 0.05) is 40.4 Å². The summed E-state index contributed by atoms with van der Waals surface area (Å²) in [6, 6.07) is 31.4. The molecule has 0 saturated carbocycles. The van der Waals surface area contributed by atoms with Crippen LogP contribution in [0.15, 0.2) is 121 Å². The van der Waals surface area contributed by atoms with E-state index >= 15 is 0 Å². The monoisotopic (exact) mass is 958 g/mol. The van der Waals surface area contributed by atoms with Gasteiger partial charge in [0.1, 0.15) is 35.8 Å². The Morgan fingerprint density at radius 1 is 0.515 bits per heavy atom. The third-order valence-corrected chi connectivity index (χ3v) is 11.0. The van der Waals surface area contributed by atoms with Crippen LogP contribution in [0.1, 0.15) is 56.9 Å². The van der Waals surface area contributed by atoms with Crippen LogP contribution in [0.2, 0.25) is 0 Å². The first-order valence-electron chi connectivity index (χ1n) is 22.0. The number of likely N-dealkylation sites (N-methyl/N-ethyl adjacent to an activating group) is 4. The fourth-order valence-electron chi connectivity index (χ4n) is 6.75. The Morgan fingerprint density at radius 3 is 1.13 bits per heavy atom. The molecule has 4 rings (SSSR count). The molecule has 6 atom stereocenters. The maximum Gasteiger partial charge on any atom is 0.410 e. The number of carboxylic acids is 2. The van der Waals surface area contributed by atoms with Crippen molar-refractivity contribution in [3.05, 3.63) is 144 Å². The highest BCUT2D eigenvalue weighted by Gasteiger charge is 2.36. The number of carbonyl (C=O) groups is 7. The lowest BCUT2D eigenvalue weighted by molar-refractivity contribution is -0.145. The minimum Gasteiger partial charge on any atom is -0.480 e. The lowest BCUT2D eigenvalue weighted by Crippen LogP contribution is -2.56. The highest BCUT2D eigenvalue weighted by atomic mass is 35.5. The third kappa shape index (κ3) is 18.5. The van der Waals surface area contributed by atoms with E-state index in [0.29, 0.717) is 6.42 Å². The average molecular weight is 960 g/mol. The third-order valence-electron chi connectivity index (χ3n) is 11.0. The van der Waals surface area contributed by atoms with E-state index in [9.17, 15) is 43.8 Å². The molecule has 0 aliphatic carbocycles. The van der Waals surface area contributed by atoms with E-state index in [2.05, 4.69) is 16.0 Å². The number of halogens is 1. The van der Waals surface area contributed by atoms with E-state index in [4.69, 9.17) is 4.74 Å². The van der Waals surface area contributed by atoms with Crippen molar-refractivity contribution in [2.24, 2.45) is 0 Å². The molecule has 4 aromatic carbocycles. The van der Waals surface area contributed by atoms with E-state index in [1.54, 1.807) is 66.1 Å². The van der Waals surface area contributed by atoms with Crippen LogP contribution in [-0.4, -0.2) is 137 Å². The molecule has 0 aliphatic heterocycles. The Kier molecular flexibility index (Phi) is 23.4. The van der Waals surface area contributed by atoms with Crippen molar-refractivity contribution >= 4 is 54.1 Å². The van der Waals surface area contributed by atoms with Crippen LogP contribution in [0, 0.1) is 0 Å². The lowest BCUT2D eigenvalue weighted by atomic mass is 10.0. The second-order valence-electron chi connectivity index (χ2n) is 17.3. The Bertz CT molecular complexity index is 2230. The number of benzene rings is 4. The first kappa shape index (κ1) is 57.3. The summed E-state index contributed by atoms with van der Waals surface area (Å²) in [6.45, 7) is 8.31. The molecular weight excluding hydrogens is 892 g/mol. The molecule has 0 fully saturated rings. The Morgan fingerprint density at radius 2 is 0.824 bits per heavy atom. The summed E-state index contributed by atoms with van der Waals surface area (Å²) in [5, 5.41) is 27.2. The molecule has 0 unspecified atom stereocenters. The molecule has 0 heterocycles. The van der Waals surface area contributed by atoms with E-state index in [0.717, 1.165) is 22.3 Å². The summed E-state index contributed by atoms with van der Waals surface area (Å²) >= 11 is 0. The molecule has 0 radical (unpaired) electrons. The zero-order valence-electron chi connectivity index (χ0n) is 40.2. The second-order valence-corrected chi connectivity index (χ2v) is 17.3. The maximum atomic E-state index is 13.6. The van der Waals surface area contributed by atoms with Gasteiger partial charge >= 0.3 is 18.0 Å². The molecule has 5 amide bonds. The Hall–Kier alpha value is -6.78. The van der Waals surface area contributed by atoms with Crippen LogP contribution in [0.4, 0.5) is 4.79 Å². The summed E-state index contributed by atoms with van der Waals surface area (Å²) in [7, 11) is 6.19. The maximum absolute atomic E-state index is 13.6. The predicted molar refractivity (Wildman–Crippen MR) is 262 cm³/mol. The predicted octanol–water partition coefficient (Wildman–Crippen LogP) is 5.02. The summed E-state index contributed by atoms with van der Waals surface area (Å²) < 4.78 is 5.46. The van der Waals surface area contributed by atoms with E-state index in [1.165, 1.54) is 35.7 Å². The molecule has 4 aromatic rings. The largest absolute Gasteiger partial charge is 0.480 e. The molecule has 68 heavy (non-hydrogen) atoms. The summed E-state index contributed by atoms with van der Waals surface area (Å²) in [5.74, 6) is -4.13. The average Bonchev–Trinajstić information content (AvgIpc) is 3.31. The molecule has 16 nitrogen and oxygen atoms in total. The summed E-state index contributed by atoms with van der Waals surface area (Å²) in [6.07, 6.45) is 0.297. The number of ether oxygens (including phenoxy) is 1. The Balaban J connectivity index is 0.000000470. The Labute approximate surface area is 405 Å². The number of rotatable bonds is 20. The SMILES string of the molecule is CN[C@@H](Cc1ccccc1)C(=O)N(C)[C@@H](C)C(=O)N[C@@H](Cc1ccccc1)C(=O)O.C[C@@H](C(=O)N[C@@H](Cc1ccccc1)C(=O)O)N(C)C(=O)[C@H](Cc1ccccc1)N(C)C(=O)OC(C)(C)C.Cl. The van der Waals surface area contributed by atoms with Crippen LogP contribution in [0.25, 0.3) is 0 Å². The number of carboxylic acid groups (broad SMARTS) is 2. The van der Waals surface area contributed by atoms with Crippen molar-refractivity contribution in [3.63, 3.8) is 0 Å². The van der Waals surface area contributed by atoms with Gasteiger partial charge in [0.25, 0.3) is 0 Å². The van der Waals surface area contributed by atoms with Gasteiger partial charge < -0.3 is 40.7 Å². The number of nitrogens with zero attached hydrogens (tertiary/aromatic N) is 3. The van der Waals surface area contributed by atoms with Gasteiger partial charge in [-0.2, -0.15) is 0 Å². The summed E-state index contributed by atoms with van der Waals surface area (Å²) in [5.41, 5.74) is 2.64. The van der Waals surface area contributed by atoms with Gasteiger partial charge in [-0.3, -0.25) is 24.1 Å². The molecule has 5 N–H and O–H groups in total. The van der Waals surface area contributed by atoms with Gasteiger partial charge in [-0.1, -0.05) is 121 Å². The molecule has 0 saturated heterocycles. The zero-order chi connectivity index (χ0) is 49.8. The van der Waals surface area contributed by atoms with Gasteiger partial charge in [-0.25, -0.2) is 14.4 Å². The van der Waals surface area contributed by atoms with E-state index in [-0.39, 0.29) is 37.6 Å². The van der Waals surface area contributed by atoms with E-state index in [1.807, 2.05) is 97.1 Å². The number of hydrogen-bond donors (Lipinski definition) is 5. The van der Waals surface area contributed by atoms with E-state index < -0.39 is 77.6 Å². The standard InChI is InChI=1S/C28H37N3O6.C23H29N3O4.ClH/c1-19(24(32)29-22(26(34)35)17-20-13-9-7-10-14-20)30(5)25(33)23(18-21-15-11-8-12-16-21)31(6)27(36)37-28(2,3)4;1-16(21(27)25-20(23(29)30)15-18-12-8-5-9-13-18)26(3)22(28)19(24-2)14-17-10-6-4-7-11-17;/h7-16,19,22-23H,17-18H2,1-6H3,(H,29,32)(H,34,35);4-13,16,19-20,24H,14-15H2,1-3H3,(H,25,27)(H,29,30);1H/t19-,22-,23-;16-,19-,20-;/m00./s1. The minimum atomic E-state index is -1.18. The smallest absolute Gasteiger partial charge is 0.410 e. The molecule has 0 spiro atoms. The molecule has 0 aliphatic rings. The molecule has 17 heteroatoms. The quantitative estimate of drug-likeness (QED) is 0.0793. The number of aliphatic carboxylic acids is 2. The molecule has 368 valence electrons. The molecular formula is C51H67ClN6O10. The summed E-state index contributed by atoms with van der Waals surface area (Å²) in [4.78, 5) is 92.2. The van der Waals surface area contributed by atoms with Crippen molar-refractivity contribution in [2.75, 3.05) is 28.2 Å². The van der Waals surface area contributed by atoms with Crippen molar-refractivity contribution in [1.82, 2.24) is 30.7 Å². The topological polar surface area (TPSA) is 215 Å². The van der Waals surface area contributed by atoms with Crippen molar-refractivity contribution in [2.45, 2.75) is 102 Å². The highest BCUT2D eigenvalue weighted by molar-refractivity contribution is 5.93. The van der Waals surface area contributed by atoms with Crippen molar-refractivity contribution in [3.8, 4) is 0 Å². The number of nitrogens with one attached hydrogen (secondary N) is 3. The van der Waals surface area contributed by atoms with Crippen LogP contribution in [-0.2, 0) is 59.2 Å². The normalized spacial score (nSPS) is 13.4. The first-order chi connectivity index (χ1) is 31.6. The molecule has 0 bridgehead atoms. The fraction of sp³-hybridized carbons (Fsp3) is 0.392. The lowest BCUT2D eigenvalue weighted by Gasteiger charge is -2.34. The van der Waals surface area contributed by atoms with Gasteiger partial charge in [0.05, 0.1) is 6.04 Å². The highest BCUT2D eigenvalue weighted by Crippen LogP contribution is 2.17. The van der Waals surface area contributed by atoms with Crippen molar-refractivity contribution < 1.29 is 48.5 Å². The van der Waals surface area contributed by atoms with Crippen LogP contribution in [0.5, 0.6) is 0 Å². The minimum absolute atomic E-state index is 0. The molecule has 0 aromatic heterocycles. The van der Waals surface area contributed by atoms with Gasteiger partial charge in [-0.15, -0.1) is 12.4 Å². The number of hydrogen-bond acceptors (Lipinski definition) is 9. The van der Waals surface area contributed by atoms with Crippen molar-refractivity contribution in [1.29, 1.82) is 0 Å². The number of amides is 5. The van der Waals surface area contributed by atoms with Gasteiger partial charge in [0.2, 0.25) is 23.6 Å². The van der Waals surface area contributed by atoms with Crippen LogP contribution >= 0.6 is 12.4 Å². The zero-order valence-corrected chi connectivity index (χ0v) is 41.1. The first-order valence-corrected chi connectivity index (χ1v) is 22.0.